The van der Waals surface area contributed by atoms with Gasteiger partial charge in [-0.05, 0) is 31.4 Å². The Bertz CT molecular complexity index is 469. The summed E-state index contributed by atoms with van der Waals surface area (Å²) in [6, 6.07) is 4.22. The summed E-state index contributed by atoms with van der Waals surface area (Å²) in [7, 11) is 0. The molecule has 0 aliphatic rings. The molecule has 2 rings (SSSR count). The summed E-state index contributed by atoms with van der Waals surface area (Å²) in [4.78, 5) is 4.74. The summed E-state index contributed by atoms with van der Waals surface area (Å²) in [6.07, 6.45) is 5.42. The van der Waals surface area contributed by atoms with Crippen LogP contribution in [0.15, 0.2) is 18.3 Å². The van der Waals surface area contributed by atoms with Crippen molar-refractivity contribution in [2.24, 2.45) is 0 Å². The van der Waals surface area contributed by atoms with Crippen molar-refractivity contribution in [2.45, 2.75) is 40.0 Å². The van der Waals surface area contributed by atoms with Gasteiger partial charge < -0.3 is 4.40 Å². The largest absolute Gasteiger partial charge is 0.304 e. The fourth-order valence-electron chi connectivity index (χ4n) is 2.11. The number of aryl methyl sites for hydroxylation is 3. The second-order valence-electron chi connectivity index (χ2n) is 3.99. The molecule has 15 heavy (non-hydrogen) atoms. The number of nitrogens with zero attached hydrogens (tertiary/aromatic N) is 2. The highest BCUT2D eigenvalue weighted by molar-refractivity contribution is 5.50. The van der Waals surface area contributed by atoms with Crippen LogP contribution in [0.25, 0.3) is 5.65 Å². The van der Waals surface area contributed by atoms with Gasteiger partial charge in [-0.2, -0.15) is 0 Å². The van der Waals surface area contributed by atoms with Gasteiger partial charge >= 0.3 is 0 Å². The summed E-state index contributed by atoms with van der Waals surface area (Å²) in [5.41, 5.74) is 5.03. The van der Waals surface area contributed by atoms with E-state index in [0.717, 1.165) is 24.9 Å². The Hall–Kier alpha value is -1.31. The third kappa shape index (κ3) is 1.65. The summed E-state index contributed by atoms with van der Waals surface area (Å²) in [5.74, 6) is 0. The first-order valence-electron chi connectivity index (χ1n) is 5.73. The number of rotatable bonds is 3. The molecule has 0 saturated carbocycles. The lowest BCUT2D eigenvalue weighted by molar-refractivity contribution is 0.860. The van der Waals surface area contributed by atoms with Crippen molar-refractivity contribution in [3.8, 4) is 0 Å². The lowest BCUT2D eigenvalue weighted by atomic mass is 10.2. The number of hydrogen-bond donors (Lipinski definition) is 0. The first-order valence-corrected chi connectivity index (χ1v) is 5.73. The third-order valence-electron chi connectivity index (χ3n) is 2.85. The maximum absolute atomic E-state index is 4.74. The van der Waals surface area contributed by atoms with Gasteiger partial charge in [0.2, 0.25) is 0 Å². The van der Waals surface area contributed by atoms with E-state index in [1.165, 1.54) is 17.0 Å². The lowest BCUT2D eigenvalue weighted by Gasteiger charge is -2.01. The van der Waals surface area contributed by atoms with Gasteiger partial charge in [-0.25, -0.2) is 4.98 Å². The van der Waals surface area contributed by atoms with E-state index in [4.69, 9.17) is 4.98 Å². The molecule has 80 valence electrons. The minimum absolute atomic E-state index is 1.06. The average molecular weight is 202 g/mol. The zero-order valence-electron chi connectivity index (χ0n) is 9.75. The minimum Gasteiger partial charge on any atom is -0.304 e. The monoisotopic (exact) mass is 202 g/mol. The van der Waals surface area contributed by atoms with Gasteiger partial charge in [0.1, 0.15) is 5.65 Å². The van der Waals surface area contributed by atoms with Crippen molar-refractivity contribution < 1.29 is 0 Å². The smallest absolute Gasteiger partial charge is 0.140 e. The number of aromatic nitrogens is 2. The first kappa shape index (κ1) is 10.2. The van der Waals surface area contributed by atoms with E-state index in [1.54, 1.807) is 0 Å². The molecule has 0 atom stereocenters. The Morgan fingerprint density at radius 1 is 1.33 bits per heavy atom. The second kappa shape index (κ2) is 4.05. The van der Waals surface area contributed by atoms with E-state index in [1.807, 2.05) is 0 Å². The van der Waals surface area contributed by atoms with Crippen molar-refractivity contribution in [3.05, 3.63) is 35.3 Å². The van der Waals surface area contributed by atoms with Crippen molar-refractivity contribution in [2.75, 3.05) is 0 Å². The highest BCUT2D eigenvalue weighted by Gasteiger charge is 2.10. The van der Waals surface area contributed by atoms with Gasteiger partial charge in [0.05, 0.1) is 5.69 Å². The van der Waals surface area contributed by atoms with Gasteiger partial charge in [-0.1, -0.05) is 26.3 Å². The maximum Gasteiger partial charge on any atom is 0.140 e. The van der Waals surface area contributed by atoms with E-state index < -0.39 is 0 Å². The van der Waals surface area contributed by atoms with Crippen molar-refractivity contribution in [3.63, 3.8) is 0 Å². The maximum atomic E-state index is 4.74. The molecule has 0 spiro atoms. The van der Waals surface area contributed by atoms with Crippen LogP contribution < -0.4 is 0 Å². The second-order valence-corrected chi connectivity index (χ2v) is 3.99. The Kier molecular flexibility index (Phi) is 2.76. The molecule has 2 heteroatoms. The summed E-state index contributed by atoms with van der Waals surface area (Å²) < 4.78 is 2.24. The van der Waals surface area contributed by atoms with E-state index in [2.05, 4.69) is 43.5 Å². The van der Waals surface area contributed by atoms with Crippen LogP contribution in [0.1, 0.15) is 37.2 Å². The predicted molar refractivity (Wildman–Crippen MR) is 63.3 cm³/mol. The van der Waals surface area contributed by atoms with E-state index in [-0.39, 0.29) is 0 Å². The van der Waals surface area contributed by atoms with Crippen molar-refractivity contribution in [1.82, 2.24) is 9.38 Å². The normalized spacial score (nSPS) is 11.1. The van der Waals surface area contributed by atoms with Crippen LogP contribution in [0.5, 0.6) is 0 Å². The number of pyridine rings is 1. The van der Waals surface area contributed by atoms with Crippen LogP contribution in [0.3, 0.4) is 0 Å². The fourth-order valence-corrected chi connectivity index (χ4v) is 2.11. The van der Waals surface area contributed by atoms with E-state index in [0.29, 0.717) is 0 Å². The SMILES string of the molecule is CCCc1nc2c(C)cccn2c1CC. The lowest BCUT2D eigenvalue weighted by Crippen LogP contribution is -1.94. The molecule has 0 aliphatic heterocycles. The molecule has 2 aromatic rings. The van der Waals surface area contributed by atoms with E-state index >= 15 is 0 Å². The van der Waals surface area contributed by atoms with Crippen LogP contribution in [0, 0.1) is 6.92 Å². The topological polar surface area (TPSA) is 17.3 Å². The average Bonchev–Trinajstić information content (AvgIpc) is 2.58. The van der Waals surface area contributed by atoms with E-state index in [9.17, 15) is 0 Å². The zero-order chi connectivity index (χ0) is 10.8. The molecule has 0 fully saturated rings. The molecular weight excluding hydrogens is 184 g/mol. The van der Waals surface area contributed by atoms with Gasteiger partial charge in [0.25, 0.3) is 0 Å². The zero-order valence-corrected chi connectivity index (χ0v) is 9.75. The summed E-state index contributed by atoms with van der Waals surface area (Å²) in [5, 5.41) is 0. The van der Waals surface area contributed by atoms with Gasteiger partial charge in [0.15, 0.2) is 0 Å². The van der Waals surface area contributed by atoms with Crippen LogP contribution in [0.4, 0.5) is 0 Å². The number of imidazole rings is 1. The molecule has 0 aliphatic carbocycles. The molecule has 0 N–H and O–H groups in total. The first-order chi connectivity index (χ1) is 7.27. The molecule has 2 nitrogen and oxygen atoms in total. The quantitative estimate of drug-likeness (QED) is 0.747. The molecule has 0 radical (unpaired) electrons. The molecule has 0 amide bonds. The van der Waals surface area contributed by atoms with Crippen LogP contribution >= 0.6 is 0 Å². The molecule has 2 aromatic heterocycles. The molecule has 0 saturated heterocycles. The predicted octanol–water partition coefficient (Wildman–Crippen LogP) is 3.16. The van der Waals surface area contributed by atoms with Crippen LogP contribution in [-0.2, 0) is 12.8 Å². The molecule has 2 heterocycles. The standard InChI is InChI=1S/C13H18N2/c1-4-7-11-12(5-2)15-9-6-8-10(3)13(15)14-11/h6,8-9H,4-5,7H2,1-3H3. The number of fused-ring (bicyclic) bond motifs is 1. The minimum atomic E-state index is 1.06. The third-order valence-corrected chi connectivity index (χ3v) is 2.85. The Labute approximate surface area is 91.0 Å². The Morgan fingerprint density at radius 2 is 2.13 bits per heavy atom. The van der Waals surface area contributed by atoms with Gasteiger partial charge in [-0.3, -0.25) is 0 Å². The van der Waals surface area contributed by atoms with Crippen molar-refractivity contribution >= 4 is 5.65 Å². The van der Waals surface area contributed by atoms with Crippen LogP contribution in [-0.4, -0.2) is 9.38 Å². The Morgan fingerprint density at radius 3 is 2.80 bits per heavy atom. The molecule has 0 aromatic carbocycles. The van der Waals surface area contributed by atoms with Crippen LogP contribution in [0.2, 0.25) is 0 Å². The highest BCUT2D eigenvalue weighted by atomic mass is 15.0. The fraction of sp³-hybridized carbons (Fsp3) is 0.462. The summed E-state index contributed by atoms with van der Waals surface area (Å²) in [6.45, 7) is 6.53. The van der Waals surface area contributed by atoms with Crippen molar-refractivity contribution in [1.29, 1.82) is 0 Å². The number of hydrogen-bond acceptors (Lipinski definition) is 1. The van der Waals surface area contributed by atoms with Gasteiger partial charge in [0, 0.05) is 11.9 Å². The summed E-state index contributed by atoms with van der Waals surface area (Å²) >= 11 is 0. The molecule has 0 bridgehead atoms. The molecular formula is C13H18N2. The molecule has 0 unspecified atom stereocenters. The highest BCUT2D eigenvalue weighted by Crippen LogP contribution is 2.17. The Balaban J connectivity index is 2.67. The van der Waals surface area contributed by atoms with Gasteiger partial charge in [-0.15, -0.1) is 0 Å².